The number of nitrogens with zero attached hydrogens (tertiary/aromatic N) is 3. The Kier molecular flexibility index (Phi) is 4.66. The van der Waals surface area contributed by atoms with Crippen LogP contribution in [0.1, 0.15) is 33.4 Å². The Hall–Kier alpha value is -3.48. The van der Waals surface area contributed by atoms with Gasteiger partial charge in [-0.15, -0.1) is 0 Å². The van der Waals surface area contributed by atoms with E-state index in [0.717, 1.165) is 16.7 Å². The number of nitrogen functional groups attached to an aromatic ring is 1. The molecule has 29 heavy (non-hydrogen) atoms. The van der Waals surface area contributed by atoms with Crippen LogP contribution >= 0.6 is 0 Å². The predicted octanol–water partition coefficient (Wildman–Crippen LogP) is 3.27. The first-order chi connectivity index (χ1) is 13.8. The molecular weight excluding hydrogens is 369 g/mol. The van der Waals surface area contributed by atoms with Gasteiger partial charge in [0, 0.05) is 31.8 Å². The Balaban J connectivity index is 1.91. The summed E-state index contributed by atoms with van der Waals surface area (Å²) in [4.78, 5) is 23.1. The third-order valence-corrected chi connectivity index (χ3v) is 5.15. The molecule has 3 aromatic rings. The van der Waals surface area contributed by atoms with E-state index in [1.54, 1.807) is 6.92 Å². The van der Waals surface area contributed by atoms with Gasteiger partial charge in [-0.3, -0.25) is 4.79 Å². The Bertz CT molecular complexity index is 1100. The largest absolute Gasteiger partial charge is 0.377 e. The van der Waals surface area contributed by atoms with Gasteiger partial charge in [0.25, 0.3) is 5.91 Å². The molecule has 0 aliphatic carbocycles. The summed E-state index contributed by atoms with van der Waals surface area (Å²) in [5, 5.41) is 3.07. The van der Waals surface area contributed by atoms with E-state index in [0.29, 0.717) is 29.1 Å². The molecule has 0 fully saturated rings. The van der Waals surface area contributed by atoms with Crippen LogP contribution in [0.25, 0.3) is 11.1 Å². The van der Waals surface area contributed by atoms with E-state index in [1.165, 1.54) is 12.1 Å². The van der Waals surface area contributed by atoms with Crippen LogP contribution in [0.2, 0.25) is 0 Å². The van der Waals surface area contributed by atoms with E-state index >= 15 is 0 Å². The fourth-order valence-electron chi connectivity index (χ4n) is 3.94. The molecule has 0 spiro atoms. The van der Waals surface area contributed by atoms with E-state index in [2.05, 4.69) is 15.3 Å². The van der Waals surface area contributed by atoms with Crippen LogP contribution in [-0.2, 0) is 6.42 Å². The fourth-order valence-corrected chi connectivity index (χ4v) is 3.94. The fraction of sp³-hybridized carbons (Fsp3) is 0.227. The number of carbonyl (C=O) groups excluding carboxylic acids is 1. The molecular formula is C22H22FN5O. The summed E-state index contributed by atoms with van der Waals surface area (Å²) in [6.45, 7) is 1.75. The van der Waals surface area contributed by atoms with Gasteiger partial charge in [0.05, 0.1) is 23.0 Å². The molecule has 1 aromatic heterocycles. The average Bonchev–Trinajstić information content (AvgIpc) is 2.67. The van der Waals surface area contributed by atoms with Crippen molar-refractivity contribution in [2.45, 2.75) is 19.4 Å². The lowest BCUT2D eigenvalue weighted by atomic mass is 9.87. The standard InChI is InChI=1S/C22H22FN5O/c1-12-19-16(27-22(24)25-12)11-17(26-21(19)29)20-15(13-7-5-4-6-8-13)9-14(23)10-18(20)28(2)3/h4-10,17H,11H2,1-3H3,(H,26,29)(H2,24,25,27). The van der Waals surface area contributed by atoms with Crippen LogP contribution in [0.5, 0.6) is 0 Å². The Morgan fingerprint density at radius 3 is 2.59 bits per heavy atom. The number of halogens is 1. The molecule has 0 saturated heterocycles. The molecule has 1 amide bonds. The minimum Gasteiger partial charge on any atom is -0.377 e. The maximum Gasteiger partial charge on any atom is 0.255 e. The molecule has 2 aromatic carbocycles. The number of rotatable bonds is 3. The zero-order chi connectivity index (χ0) is 20.7. The van der Waals surface area contributed by atoms with Crippen molar-refractivity contribution in [1.29, 1.82) is 0 Å². The SMILES string of the molecule is Cc1nc(N)nc2c1C(=O)NC(c1c(-c3ccccc3)cc(F)cc1N(C)C)C2. The number of nitrogens with two attached hydrogens (primary N) is 1. The van der Waals surface area contributed by atoms with Gasteiger partial charge in [-0.2, -0.15) is 0 Å². The highest BCUT2D eigenvalue weighted by Crippen LogP contribution is 2.39. The predicted molar refractivity (Wildman–Crippen MR) is 111 cm³/mol. The molecule has 3 N–H and O–H groups in total. The first-order valence-electron chi connectivity index (χ1n) is 9.35. The summed E-state index contributed by atoms with van der Waals surface area (Å²) in [6.07, 6.45) is 0.445. The van der Waals surface area contributed by atoms with Gasteiger partial charge >= 0.3 is 0 Å². The van der Waals surface area contributed by atoms with Crippen LogP contribution in [0.3, 0.4) is 0 Å². The molecule has 6 nitrogen and oxygen atoms in total. The molecule has 1 unspecified atom stereocenters. The normalized spacial score (nSPS) is 15.6. The highest BCUT2D eigenvalue weighted by Gasteiger charge is 2.32. The zero-order valence-corrected chi connectivity index (χ0v) is 16.5. The molecule has 1 aliphatic heterocycles. The Morgan fingerprint density at radius 2 is 1.90 bits per heavy atom. The van der Waals surface area contributed by atoms with E-state index < -0.39 is 0 Å². The minimum absolute atomic E-state index is 0.143. The van der Waals surface area contributed by atoms with Gasteiger partial charge in [0.15, 0.2) is 0 Å². The van der Waals surface area contributed by atoms with Crippen LogP contribution < -0.4 is 16.0 Å². The number of anilines is 2. The Morgan fingerprint density at radius 1 is 1.17 bits per heavy atom. The quantitative estimate of drug-likeness (QED) is 0.716. The molecule has 1 atom stereocenters. The number of carbonyl (C=O) groups is 1. The maximum absolute atomic E-state index is 14.5. The molecule has 4 rings (SSSR count). The number of hydrogen-bond acceptors (Lipinski definition) is 5. The highest BCUT2D eigenvalue weighted by molar-refractivity contribution is 5.98. The second-order valence-electron chi connectivity index (χ2n) is 7.37. The average molecular weight is 391 g/mol. The Labute approximate surface area is 168 Å². The van der Waals surface area contributed by atoms with Crippen molar-refractivity contribution in [3.8, 4) is 11.1 Å². The number of aromatic nitrogens is 2. The summed E-state index contributed by atoms with van der Waals surface area (Å²) in [6, 6.07) is 12.2. The van der Waals surface area contributed by atoms with Gasteiger partial charge in [-0.1, -0.05) is 30.3 Å². The first kappa shape index (κ1) is 18.9. The van der Waals surface area contributed by atoms with Crippen molar-refractivity contribution in [1.82, 2.24) is 15.3 Å². The molecule has 2 heterocycles. The van der Waals surface area contributed by atoms with Crippen molar-refractivity contribution in [3.05, 3.63) is 70.8 Å². The van der Waals surface area contributed by atoms with E-state index in [4.69, 9.17) is 5.73 Å². The molecule has 0 radical (unpaired) electrons. The number of aryl methyl sites for hydroxylation is 1. The van der Waals surface area contributed by atoms with E-state index in [1.807, 2.05) is 49.3 Å². The minimum atomic E-state index is -0.378. The first-order valence-corrected chi connectivity index (χ1v) is 9.35. The van der Waals surface area contributed by atoms with Crippen molar-refractivity contribution >= 4 is 17.5 Å². The number of amides is 1. The number of hydrogen-bond donors (Lipinski definition) is 2. The molecule has 7 heteroatoms. The summed E-state index contributed by atoms with van der Waals surface area (Å²) < 4.78 is 14.5. The van der Waals surface area contributed by atoms with E-state index in [9.17, 15) is 9.18 Å². The molecule has 148 valence electrons. The van der Waals surface area contributed by atoms with Crippen molar-refractivity contribution in [3.63, 3.8) is 0 Å². The maximum atomic E-state index is 14.5. The molecule has 1 aliphatic rings. The van der Waals surface area contributed by atoms with Crippen LogP contribution in [-0.4, -0.2) is 30.0 Å². The topological polar surface area (TPSA) is 84.1 Å². The van der Waals surface area contributed by atoms with Crippen molar-refractivity contribution in [2.75, 3.05) is 24.7 Å². The second-order valence-corrected chi connectivity index (χ2v) is 7.37. The third-order valence-electron chi connectivity index (χ3n) is 5.15. The second kappa shape index (κ2) is 7.16. The van der Waals surface area contributed by atoms with E-state index in [-0.39, 0.29) is 23.7 Å². The van der Waals surface area contributed by atoms with Gasteiger partial charge < -0.3 is 16.0 Å². The monoisotopic (exact) mass is 391 g/mol. The van der Waals surface area contributed by atoms with Gasteiger partial charge in [0.2, 0.25) is 5.95 Å². The number of benzene rings is 2. The third kappa shape index (κ3) is 3.40. The lowest BCUT2D eigenvalue weighted by Crippen LogP contribution is -2.38. The molecule has 0 bridgehead atoms. The molecule has 0 saturated carbocycles. The summed E-state index contributed by atoms with van der Waals surface area (Å²) >= 11 is 0. The summed E-state index contributed by atoms with van der Waals surface area (Å²) in [7, 11) is 3.71. The van der Waals surface area contributed by atoms with Crippen molar-refractivity contribution < 1.29 is 9.18 Å². The zero-order valence-electron chi connectivity index (χ0n) is 16.5. The summed E-state index contributed by atoms with van der Waals surface area (Å²) in [5.74, 6) is -0.437. The van der Waals surface area contributed by atoms with Gasteiger partial charge in [-0.05, 0) is 30.2 Å². The highest BCUT2D eigenvalue weighted by atomic mass is 19.1. The lowest BCUT2D eigenvalue weighted by molar-refractivity contribution is 0.0922. The van der Waals surface area contributed by atoms with Crippen LogP contribution in [0.4, 0.5) is 16.0 Å². The van der Waals surface area contributed by atoms with Crippen LogP contribution in [0, 0.1) is 12.7 Å². The number of fused-ring (bicyclic) bond motifs is 1. The number of nitrogens with one attached hydrogen (secondary N) is 1. The van der Waals surface area contributed by atoms with Crippen molar-refractivity contribution in [2.24, 2.45) is 0 Å². The lowest BCUT2D eigenvalue weighted by Gasteiger charge is -2.31. The van der Waals surface area contributed by atoms with Crippen LogP contribution in [0.15, 0.2) is 42.5 Å². The van der Waals surface area contributed by atoms with Gasteiger partial charge in [0.1, 0.15) is 5.82 Å². The van der Waals surface area contributed by atoms with Gasteiger partial charge in [-0.25, -0.2) is 14.4 Å². The smallest absolute Gasteiger partial charge is 0.255 e. The summed E-state index contributed by atoms with van der Waals surface area (Å²) in [5.41, 5.74) is 10.6.